The smallest absolute Gasteiger partial charge is 0.284 e. The minimum Gasteiger partial charge on any atom is -0.394 e. The second-order valence-electron chi connectivity index (χ2n) is 7.15. The van der Waals surface area contributed by atoms with Gasteiger partial charge in [0.2, 0.25) is 0 Å². The van der Waals surface area contributed by atoms with Crippen LogP contribution in [0.3, 0.4) is 0 Å². The molecular formula is C22H21ClFN3O3. The monoisotopic (exact) mass is 429 g/mol. The van der Waals surface area contributed by atoms with E-state index in [0.717, 1.165) is 10.7 Å². The first-order valence-corrected chi connectivity index (χ1v) is 9.76. The predicted molar refractivity (Wildman–Crippen MR) is 113 cm³/mol. The molecule has 0 radical (unpaired) electrons. The zero-order chi connectivity index (χ0) is 21.8. The predicted octanol–water partition coefficient (Wildman–Crippen LogP) is 3.44. The van der Waals surface area contributed by atoms with E-state index < -0.39 is 23.3 Å². The third-order valence-corrected chi connectivity index (χ3v) is 4.92. The summed E-state index contributed by atoms with van der Waals surface area (Å²) in [5.41, 5.74) is 0.286. The molecule has 0 aliphatic rings. The Hall–Kier alpha value is -3.03. The highest BCUT2D eigenvalue weighted by atomic mass is 35.5. The van der Waals surface area contributed by atoms with Crippen LogP contribution in [-0.4, -0.2) is 33.4 Å². The molecule has 2 N–H and O–H groups in total. The number of amides is 1. The number of nitrogens with one attached hydrogen (secondary N) is 1. The van der Waals surface area contributed by atoms with Crippen LogP contribution in [0, 0.1) is 11.7 Å². The van der Waals surface area contributed by atoms with Crippen LogP contribution in [0.25, 0.3) is 16.9 Å². The summed E-state index contributed by atoms with van der Waals surface area (Å²) in [5, 5.41) is 17.0. The molecule has 0 fully saturated rings. The van der Waals surface area contributed by atoms with E-state index >= 15 is 0 Å². The van der Waals surface area contributed by atoms with Gasteiger partial charge in [0.15, 0.2) is 0 Å². The molecule has 1 aromatic heterocycles. The molecule has 30 heavy (non-hydrogen) atoms. The van der Waals surface area contributed by atoms with Gasteiger partial charge in [-0.05, 0) is 42.3 Å². The first kappa shape index (κ1) is 21.7. The van der Waals surface area contributed by atoms with Gasteiger partial charge >= 0.3 is 0 Å². The van der Waals surface area contributed by atoms with Gasteiger partial charge in [-0.3, -0.25) is 9.59 Å². The molecule has 156 valence electrons. The number of aliphatic hydroxyl groups excluding tert-OH is 1. The minimum absolute atomic E-state index is 0.0398. The van der Waals surface area contributed by atoms with Gasteiger partial charge in [0.25, 0.3) is 11.5 Å². The van der Waals surface area contributed by atoms with Crippen LogP contribution in [0.2, 0.25) is 5.02 Å². The van der Waals surface area contributed by atoms with Crippen molar-refractivity contribution in [2.45, 2.75) is 19.9 Å². The Bertz CT molecular complexity index is 1110. The summed E-state index contributed by atoms with van der Waals surface area (Å²) in [6.07, 6.45) is 0. The molecule has 0 unspecified atom stereocenters. The van der Waals surface area contributed by atoms with Crippen LogP contribution < -0.4 is 10.9 Å². The average Bonchev–Trinajstić information content (AvgIpc) is 2.72. The first-order valence-electron chi connectivity index (χ1n) is 9.38. The molecule has 0 spiro atoms. The Morgan fingerprint density at radius 2 is 1.90 bits per heavy atom. The van der Waals surface area contributed by atoms with E-state index in [1.165, 1.54) is 24.3 Å². The highest BCUT2D eigenvalue weighted by Gasteiger charge is 2.21. The lowest BCUT2D eigenvalue weighted by molar-refractivity contribution is 0.0894. The van der Waals surface area contributed by atoms with Crippen molar-refractivity contribution in [2.24, 2.45) is 5.92 Å². The molecule has 2 aromatic carbocycles. The van der Waals surface area contributed by atoms with Crippen LogP contribution >= 0.6 is 11.6 Å². The van der Waals surface area contributed by atoms with Gasteiger partial charge < -0.3 is 10.4 Å². The Morgan fingerprint density at radius 3 is 2.50 bits per heavy atom. The molecule has 0 saturated heterocycles. The standard InChI is InChI=1S/C22H21ClFN3O3/c1-13(2)20(12-28)25-21(29)18-11-19(14-6-8-15(23)9-7-14)26-27(22(18)30)17-5-3-4-16(24)10-17/h3-11,13,20,28H,12H2,1-2H3,(H,25,29)/t20-/m1/s1. The Kier molecular flexibility index (Phi) is 6.64. The van der Waals surface area contributed by atoms with Gasteiger partial charge in [-0.1, -0.05) is 43.6 Å². The zero-order valence-corrected chi connectivity index (χ0v) is 17.2. The van der Waals surface area contributed by atoms with Gasteiger partial charge in [0, 0.05) is 10.6 Å². The zero-order valence-electron chi connectivity index (χ0n) is 16.5. The van der Waals surface area contributed by atoms with Gasteiger partial charge in [-0.15, -0.1) is 0 Å². The van der Waals surface area contributed by atoms with E-state index in [1.54, 1.807) is 24.3 Å². The Labute approximate surface area is 177 Å². The molecule has 6 nitrogen and oxygen atoms in total. The molecule has 1 atom stereocenters. The van der Waals surface area contributed by atoms with Gasteiger partial charge in [0.1, 0.15) is 11.4 Å². The van der Waals surface area contributed by atoms with Crippen molar-refractivity contribution in [1.29, 1.82) is 0 Å². The number of benzene rings is 2. The number of carbonyl (C=O) groups is 1. The van der Waals surface area contributed by atoms with Crippen molar-refractivity contribution in [1.82, 2.24) is 15.1 Å². The van der Waals surface area contributed by atoms with Crippen molar-refractivity contribution in [2.75, 3.05) is 6.61 Å². The number of hydrogen-bond acceptors (Lipinski definition) is 4. The van der Waals surface area contributed by atoms with Crippen LogP contribution in [-0.2, 0) is 0 Å². The topological polar surface area (TPSA) is 84.2 Å². The van der Waals surface area contributed by atoms with Crippen LogP contribution in [0.4, 0.5) is 4.39 Å². The molecule has 1 heterocycles. The molecule has 8 heteroatoms. The van der Waals surface area contributed by atoms with Gasteiger partial charge in [-0.25, -0.2) is 4.39 Å². The van der Waals surface area contributed by atoms with Crippen molar-refractivity contribution < 1.29 is 14.3 Å². The lowest BCUT2D eigenvalue weighted by atomic mass is 10.0. The molecule has 0 bridgehead atoms. The fraction of sp³-hybridized carbons (Fsp3) is 0.227. The third-order valence-electron chi connectivity index (χ3n) is 4.67. The highest BCUT2D eigenvalue weighted by molar-refractivity contribution is 6.30. The van der Waals surface area contributed by atoms with Crippen LogP contribution in [0.1, 0.15) is 24.2 Å². The lowest BCUT2D eigenvalue weighted by Gasteiger charge is -2.20. The van der Waals surface area contributed by atoms with Gasteiger partial charge in [0.05, 0.1) is 24.0 Å². The van der Waals surface area contributed by atoms with E-state index in [4.69, 9.17) is 11.6 Å². The first-order chi connectivity index (χ1) is 14.3. The fourth-order valence-corrected chi connectivity index (χ4v) is 3.00. The van der Waals surface area contributed by atoms with E-state index in [9.17, 15) is 19.1 Å². The molecular weight excluding hydrogens is 409 g/mol. The molecule has 3 aromatic rings. The summed E-state index contributed by atoms with van der Waals surface area (Å²) in [4.78, 5) is 25.9. The number of nitrogens with zero attached hydrogens (tertiary/aromatic N) is 2. The van der Waals surface area contributed by atoms with Crippen molar-refractivity contribution >= 4 is 17.5 Å². The van der Waals surface area contributed by atoms with E-state index in [1.807, 2.05) is 13.8 Å². The molecule has 0 aliphatic carbocycles. The maximum Gasteiger partial charge on any atom is 0.284 e. The van der Waals surface area contributed by atoms with E-state index in [0.29, 0.717) is 16.3 Å². The SMILES string of the molecule is CC(C)[C@@H](CO)NC(=O)c1cc(-c2ccc(Cl)cc2)nn(-c2cccc(F)c2)c1=O. The molecule has 0 aliphatic heterocycles. The maximum atomic E-state index is 13.8. The Morgan fingerprint density at radius 1 is 1.20 bits per heavy atom. The summed E-state index contributed by atoms with van der Waals surface area (Å²) in [6.45, 7) is 3.42. The molecule has 1 amide bonds. The summed E-state index contributed by atoms with van der Waals surface area (Å²) in [7, 11) is 0. The number of rotatable bonds is 6. The van der Waals surface area contributed by atoms with Crippen molar-refractivity contribution in [3.63, 3.8) is 0 Å². The Balaban J connectivity index is 2.16. The number of carbonyl (C=O) groups excluding carboxylic acids is 1. The second-order valence-corrected chi connectivity index (χ2v) is 7.59. The van der Waals surface area contributed by atoms with Crippen LogP contribution in [0.15, 0.2) is 59.4 Å². The maximum absolute atomic E-state index is 13.8. The third kappa shape index (κ3) is 4.75. The number of aromatic nitrogens is 2. The quantitative estimate of drug-likeness (QED) is 0.628. The lowest BCUT2D eigenvalue weighted by Crippen LogP contribution is -2.43. The number of hydrogen-bond donors (Lipinski definition) is 2. The van der Waals surface area contributed by atoms with E-state index in [-0.39, 0.29) is 23.8 Å². The fourth-order valence-electron chi connectivity index (χ4n) is 2.87. The van der Waals surface area contributed by atoms with Crippen LogP contribution in [0.5, 0.6) is 0 Å². The summed E-state index contributed by atoms with van der Waals surface area (Å²) < 4.78 is 14.7. The summed E-state index contributed by atoms with van der Waals surface area (Å²) >= 11 is 5.95. The van der Waals surface area contributed by atoms with E-state index in [2.05, 4.69) is 10.4 Å². The van der Waals surface area contributed by atoms with Crippen molar-refractivity contribution in [3.8, 4) is 16.9 Å². The average molecular weight is 430 g/mol. The summed E-state index contributed by atoms with van der Waals surface area (Å²) in [5.74, 6) is -1.22. The molecule has 0 saturated carbocycles. The van der Waals surface area contributed by atoms with Gasteiger partial charge in [-0.2, -0.15) is 9.78 Å². The largest absolute Gasteiger partial charge is 0.394 e. The van der Waals surface area contributed by atoms with Crippen molar-refractivity contribution in [3.05, 3.63) is 81.4 Å². The normalized spacial score (nSPS) is 12.1. The second kappa shape index (κ2) is 9.19. The highest BCUT2D eigenvalue weighted by Crippen LogP contribution is 2.20. The molecule has 3 rings (SSSR count). The number of halogens is 2. The minimum atomic E-state index is -0.698. The summed E-state index contributed by atoms with van der Waals surface area (Å²) in [6, 6.07) is 13.0. The number of aliphatic hydroxyl groups is 1.